The molecule has 1 aromatic carbocycles. The fourth-order valence-electron chi connectivity index (χ4n) is 3.66. The Morgan fingerprint density at radius 1 is 1.06 bits per heavy atom. The number of aromatic nitrogens is 2. The third-order valence-corrected chi connectivity index (χ3v) is 5.63. The summed E-state index contributed by atoms with van der Waals surface area (Å²) in [5, 5.41) is 6.70. The van der Waals surface area contributed by atoms with Crippen molar-refractivity contribution in [3.05, 3.63) is 65.7 Å². The van der Waals surface area contributed by atoms with E-state index in [1.54, 1.807) is 13.3 Å². The summed E-state index contributed by atoms with van der Waals surface area (Å²) in [7, 11) is 3.92. The molecule has 0 bridgehead atoms. The van der Waals surface area contributed by atoms with Crippen molar-refractivity contribution in [2.45, 2.75) is 20.0 Å². The number of nitrogens with zero attached hydrogens (tertiary/aromatic N) is 5. The molecule has 0 unspecified atom stereocenters. The first-order chi connectivity index (χ1) is 15.6. The molecule has 0 aliphatic carbocycles. The van der Waals surface area contributed by atoms with Gasteiger partial charge < -0.3 is 24.9 Å². The van der Waals surface area contributed by atoms with E-state index in [0.717, 1.165) is 48.8 Å². The van der Waals surface area contributed by atoms with E-state index >= 15 is 0 Å². The molecule has 0 radical (unpaired) electrons. The normalized spacial score (nSPS) is 15.1. The molecule has 168 valence electrons. The van der Waals surface area contributed by atoms with Crippen LogP contribution in [0.25, 0.3) is 11.5 Å². The molecule has 8 nitrogen and oxygen atoms in total. The summed E-state index contributed by atoms with van der Waals surface area (Å²) in [5.41, 5.74) is 4.16. The van der Waals surface area contributed by atoms with E-state index in [1.807, 2.05) is 24.4 Å². The molecular formula is C24H31N7O. The summed E-state index contributed by atoms with van der Waals surface area (Å²) in [6.07, 6.45) is 3.54. The van der Waals surface area contributed by atoms with E-state index in [0.29, 0.717) is 24.9 Å². The second-order valence-electron chi connectivity index (χ2n) is 8.07. The molecule has 8 heteroatoms. The van der Waals surface area contributed by atoms with Crippen LogP contribution in [0.3, 0.4) is 0 Å². The lowest BCUT2D eigenvalue weighted by Gasteiger charge is -2.34. The van der Waals surface area contributed by atoms with E-state index < -0.39 is 0 Å². The number of benzene rings is 1. The maximum Gasteiger partial charge on any atom is 0.226 e. The highest BCUT2D eigenvalue weighted by Crippen LogP contribution is 2.20. The summed E-state index contributed by atoms with van der Waals surface area (Å²) in [4.78, 5) is 18.3. The fourth-order valence-corrected chi connectivity index (χ4v) is 3.66. The largest absolute Gasteiger partial charge is 0.444 e. The Kier molecular flexibility index (Phi) is 7.01. The average molecular weight is 434 g/mol. The van der Waals surface area contributed by atoms with Crippen molar-refractivity contribution in [3.8, 4) is 11.5 Å². The quantitative estimate of drug-likeness (QED) is 0.457. The Labute approximate surface area is 189 Å². The van der Waals surface area contributed by atoms with Crippen LogP contribution in [0.2, 0.25) is 0 Å². The summed E-state index contributed by atoms with van der Waals surface area (Å²) in [5.74, 6) is 2.37. The Bertz CT molecular complexity index is 1040. The molecule has 2 N–H and O–H groups in total. The Hall–Kier alpha value is -3.39. The van der Waals surface area contributed by atoms with Crippen molar-refractivity contribution < 1.29 is 4.42 Å². The molecule has 32 heavy (non-hydrogen) atoms. The first-order valence-corrected chi connectivity index (χ1v) is 11.0. The molecule has 1 fully saturated rings. The maximum atomic E-state index is 5.65. The second-order valence-corrected chi connectivity index (χ2v) is 8.07. The highest BCUT2D eigenvalue weighted by atomic mass is 16.3. The van der Waals surface area contributed by atoms with Crippen LogP contribution in [0.4, 0.5) is 5.82 Å². The van der Waals surface area contributed by atoms with E-state index in [-0.39, 0.29) is 0 Å². The van der Waals surface area contributed by atoms with Gasteiger partial charge in [0.15, 0.2) is 5.96 Å². The van der Waals surface area contributed by atoms with Crippen molar-refractivity contribution in [2.75, 3.05) is 45.2 Å². The molecule has 0 atom stereocenters. The number of guanidine groups is 1. The molecule has 1 aliphatic heterocycles. The van der Waals surface area contributed by atoms with Gasteiger partial charge in [-0.15, -0.1) is 0 Å². The predicted molar refractivity (Wildman–Crippen MR) is 128 cm³/mol. The lowest BCUT2D eigenvalue weighted by atomic mass is 10.1. The summed E-state index contributed by atoms with van der Waals surface area (Å²) >= 11 is 0. The number of anilines is 1. The zero-order chi connectivity index (χ0) is 22.3. The number of piperazine rings is 1. The molecular weight excluding hydrogens is 402 g/mol. The van der Waals surface area contributed by atoms with Gasteiger partial charge in [0.1, 0.15) is 12.1 Å². The minimum atomic E-state index is 0.521. The van der Waals surface area contributed by atoms with Crippen LogP contribution in [0.1, 0.15) is 16.8 Å². The third kappa shape index (κ3) is 5.45. The summed E-state index contributed by atoms with van der Waals surface area (Å²) in [6, 6.07) is 12.2. The van der Waals surface area contributed by atoms with Gasteiger partial charge in [-0.3, -0.25) is 4.99 Å². The molecule has 3 aromatic rings. The van der Waals surface area contributed by atoms with Crippen LogP contribution < -0.4 is 15.5 Å². The van der Waals surface area contributed by atoms with Crippen molar-refractivity contribution in [3.63, 3.8) is 0 Å². The van der Waals surface area contributed by atoms with Crippen LogP contribution in [0, 0.1) is 6.92 Å². The molecule has 1 saturated heterocycles. The molecule has 2 aromatic heterocycles. The van der Waals surface area contributed by atoms with E-state index in [2.05, 4.69) is 67.6 Å². The molecule has 0 amide bonds. The Balaban J connectivity index is 1.33. The standard InChI is InChI=1S/C24H31N7O/c1-18-6-8-19(9-7-18)23-29-21(17-32-23)16-28-24(25-2)27-15-20-5-4-10-26-22(20)31-13-11-30(3)12-14-31/h4-10,17H,11-16H2,1-3H3,(H2,25,27,28). The molecule has 4 rings (SSSR count). The number of rotatable bonds is 6. The summed E-state index contributed by atoms with van der Waals surface area (Å²) in [6.45, 7) is 7.30. The van der Waals surface area contributed by atoms with Crippen LogP contribution in [0.5, 0.6) is 0 Å². The molecule has 3 heterocycles. The van der Waals surface area contributed by atoms with E-state index in [9.17, 15) is 0 Å². The number of hydrogen-bond donors (Lipinski definition) is 2. The fraction of sp³-hybridized carbons (Fsp3) is 0.375. The predicted octanol–water partition coefficient (Wildman–Crippen LogP) is 2.66. The number of oxazole rings is 1. The number of aryl methyl sites for hydroxylation is 1. The monoisotopic (exact) mass is 433 g/mol. The second kappa shape index (κ2) is 10.3. The highest BCUT2D eigenvalue weighted by molar-refractivity contribution is 5.79. The first-order valence-electron chi connectivity index (χ1n) is 11.0. The van der Waals surface area contributed by atoms with Gasteiger partial charge >= 0.3 is 0 Å². The Morgan fingerprint density at radius 3 is 2.56 bits per heavy atom. The number of hydrogen-bond acceptors (Lipinski definition) is 6. The van der Waals surface area contributed by atoms with Gasteiger partial charge in [0, 0.05) is 57.1 Å². The number of nitrogens with one attached hydrogen (secondary N) is 2. The van der Waals surface area contributed by atoms with Crippen molar-refractivity contribution >= 4 is 11.8 Å². The lowest BCUT2D eigenvalue weighted by Crippen LogP contribution is -2.45. The van der Waals surface area contributed by atoms with Gasteiger partial charge in [-0.1, -0.05) is 23.8 Å². The van der Waals surface area contributed by atoms with Crippen LogP contribution >= 0.6 is 0 Å². The highest BCUT2D eigenvalue weighted by Gasteiger charge is 2.18. The van der Waals surface area contributed by atoms with Crippen LogP contribution in [-0.4, -0.2) is 61.1 Å². The zero-order valence-corrected chi connectivity index (χ0v) is 19.0. The van der Waals surface area contributed by atoms with Gasteiger partial charge in [0.05, 0.1) is 12.2 Å². The average Bonchev–Trinajstić information content (AvgIpc) is 3.29. The first kappa shape index (κ1) is 21.8. The van der Waals surface area contributed by atoms with Crippen LogP contribution in [-0.2, 0) is 13.1 Å². The Morgan fingerprint density at radius 2 is 1.81 bits per heavy atom. The smallest absolute Gasteiger partial charge is 0.226 e. The molecule has 0 saturated carbocycles. The topological polar surface area (TPSA) is 81.8 Å². The van der Waals surface area contributed by atoms with Crippen LogP contribution in [0.15, 0.2) is 58.3 Å². The van der Waals surface area contributed by atoms with Gasteiger partial charge in [-0.25, -0.2) is 9.97 Å². The van der Waals surface area contributed by atoms with Crippen molar-refractivity contribution in [1.29, 1.82) is 0 Å². The molecule has 1 aliphatic rings. The van der Waals surface area contributed by atoms with Gasteiger partial charge in [0.2, 0.25) is 5.89 Å². The van der Waals surface area contributed by atoms with Crippen molar-refractivity contribution in [1.82, 2.24) is 25.5 Å². The van der Waals surface area contributed by atoms with Gasteiger partial charge in [-0.2, -0.15) is 0 Å². The number of aliphatic imine (C=N–C) groups is 1. The maximum absolute atomic E-state index is 5.65. The van der Waals surface area contributed by atoms with Gasteiger partial charge in [-0.05, 0) is 32.2 Å². The minimum absolute atomic E-state index is 0.521. The lowest BCUT2D eigenvalue weighted by molar-refractivity contribution is 0.312. The summed E-state index contributed by atoms with van der Waals surface area (Å²) < 4.78 is 5.65. The zero-order valence-electron chi connectivity index (χ0n) is 19.0. The number of pyridine rings is 1. The SMILES string of the molecule is CN=C(NCc1coc(-c2ccc(C)cc2)n1)NCc1cccnc1N1CCN(C)CC1. The molecule has 0 spiro atoms. The number of likely N-dealkylation sites (N-methyl/N-ethyl adjacent to an activating group) is 1. The minimum Gasteiger partial charge on any atom is -0.444 e. The third-order valence-electron chi connectivity index (χ3n) is 5.63. The van der Waals surface area contributed by atoms with Crippen molar-refractivity contribution in [2.24, 2.45) is 4.99 Å². The van der Waals surface area contributed by atoms with Gasteiger partial charge in [0.25, 0.3) is 0 Å². The van der Waals surface area contributed by atoms with E-state index in [1.165, 1.54) is 5.56 Å². The van der Waals surface area contributed by atoms with E-state index in [4.69, 9.17) is 4.42 Å².